The van der Waals surface area contributed by atoms with Crippen LogP contribution in [-0.4, -0.2) is 32.8 Å². The van der Waals surface area contributed by atoms with Crippen molar-refractivity contribution in [1.29, 1.82) is 0 Å². The number of aromatic nitrogens is 2. The number of benzene rings is 1. The fourth-order valence-electron chi connectivity index (χ4n) is 2.44. The van der Waals surface area contributed by atoms with Gasteiger partial charge < -0.3 is 10.4 Å². The molecule has 122 valence electrons. The molecule has 1 heterocycles. The standard InChI is InChI=1S/C17H21N3O3/c1-20-15(9-10-18-20)12-16(21)19-14(7-8-17(22)23)11-13-5-3-2-4-6-13/h2-6,9-10,14H,7-8,11-12H2,1H3,(H,19,21)(H,22,23). The van der Waals surface area contributed by atoms with Gasteiger partial charge in [-0.25, -0.2) is 0 Å². The molecule has 23 heavy (non-hydrogen) atoms. The van der Waals surface area contributed by atoms with E-state index in [-0.39, 0.29) is 24.8 Å². The van der Waals surface area contributed by atoms with Crippen LogP contribution < -0.4 is 5.32 Å². The van der Waals surface area contributed by atoms with Crippen molar-refractivity contribution >= 4 is 11.9 Å². The van der Waals surface area contributed by atoms with Crippen LogP contribution in [0.25, 0.3) is 0 Å². The molecule has 2 N–H and O–H groups in total. The van der Waals surface area contributed by atoms with E-state index in [9.17, 15) is 9.59 Å². The number of carboxylic acid groups (broad SMARTS) is 1. The summed E-state index contributed by atoms with van der Waals surface area (Å²) in [7, 11) is 1.79. The number of carbonyl (C=O) groups is 2. The molecule has 6 heteroatoms. The summed E-state index contributed by atoms with van der Waals surface area (Å²) in [5.41, 5.74) is 1.89. The smallest absolute Gasteiger partial charge is 0.303 e. The average molecular weight is 315 g/mol. The predicted molar refractivity (Wildman–Crippen MR) is 85.9 cm³/mol. The summed E-state index contributed by atoms with van der Waals surface area (Å²) in [5, 5.41) is 15.9. The Balaban J connectivity index is 1.97. The van der Waals surface area contributed by atoms with Gasteiger partial charge in [0, 0.05) is 31.4 Å². The quantitative estimate of drug-likeness (QED) is 0.774. The highest BCUT2D eigenvalue weighted by Gasteiger charge is 2.16. The Hall–Kier alpha value is -2.63. The third-order valence-electron chi connectivity index (χ3n) is 3.66. The highest BCUT2D eigenvalue weighted by Crippen LogP contribution is 2.09. The monoisotopic (exact) mass is 315 g/mol. The summed E-state index contributed by atoms with van der Waals surface area (Å²) < 4.78 is 1.66. The summed E-state index contributed by atoms with van der Waals surface area (Å²) >= 11 is 0. The normalized spacial score (nSPS) is 11.9. The first-order chi connectivity index (χ1) is 11.0. The Bertz CT molecular complexity index is 652. The number of aliphatic carboxylic acids is 1. The molecular formula is C17H21N3O3. The van der Waals surface area contributed by atoms with Gasteiger partial charge in [-0.2, -0.15) is 5.10 Å². The molecule has 2 rings (SSSR count). The topological polar surface area (TPSA) is 84.2 Å². The number of amides is 1. The van der Waals surface area contributed by atoms with Gasteiger partial charge in [-0.3, -0.25) is 14.3 Å². The van der Waals surface area contributed by atoms with Crippen LogP contribution in [0.2, 0.25) is 0 Å². The van der Waals surface area contributed by atoms with Gasteiger partial charge in [0.1, 0.15) is 0 Å². The molecule has 6 nitrogen and oxygen atoms in total. The summed E-state index contributed by atoms with van der Waals surface area (Å²) in [5.74, 6) is -0.983. The number of rotatable bonds is 8. The number of nitrogens with one attached hydrogen (secondary N) is 1. The van der Waals surface area contributed by atoms with Gasteiger partial charge in [-0.05, 0) is 24.5 Å². The molecule has 0 aliphatic heterocycles. The van der Waals surface area contributed by atoms with Crippen molar-refractivity contribution in [3.8, 4) is 0 Å². The van der Waals surface area contributed by atoms with Crippen molar-refractivity contribution in [3.63, 3.8) is 0 Å². The molecular weight excluding hydrogens is 294 g/mol. The van der Waals surface area contributed by atoms with Crippen LogP contribution >= 0.6 is 0 Å². The Labute approximate surface area is 135 Å². The van der Waals surface area contributed by atoms with E-state index in [1.54, 1.807) is 24.0 Å². The number of nitrogens with zero attached hydrogens (tertiary/aromatic N) is 2. The molecule has 1 unspecified atom stereocenters. The fraction of sp³-hybridized carbons (Fsp3) is 0.353. The van der Waals surface area contributed by atoms with E-state index >= 15 is 0 Å². The van der Waals surface area contributed by atoms with E-state index in [1.807, 2.05) is 30.3 Å². The van der Waals surface area contributed by atoms with Crippen LogP contribution in [0.4, 0.5) is 0 Å². The van der Waals surface area contributed by atoms with Crippen LogP contribution in [0, 0.1) is 0 Å². The Kier molecular flexibility index (Phi) is 5.91. The minimum Gasteiger partial charge on any atom is -0.481 e. The van der Waals surface area contributed by atoms with E-state index in [1.165, 1.54) is 0 Å². The zero-order valence-corrected chi connectivity index (χ0v) is 13.1. The molecule has 0 bridgehead atoms. The molecule has 1 amide bonds. The zero-order valence-electron chi connectivity index (χ0n) is 13.1. The molecule has 0 spiro atoms. The predicted octanol–water partition coefficient (Wildman–Crippen LogP) is 1.55. The Morgan fingerprint density at radius 3 is 2.61 bits per heavy atom. The maximum atomic E-state index is 12.2. The maximum Gasteiger partial charge on any atom is 0.303 e. The van der Waals surface area contributed by atoms with E-state index in [0.717, 1.165) is 11.3 Å². The van der Waals surface area contributed by atoms with E-state index < -0.39 is 5.97 Å². The minimum absolute atomic E-state index is 0.0312. The van der Waals surface area contributed by atoms with Gasteiger partial charge in [0.15, 0.2) is 0 Å². The van der Waals surface area contributed by atoms with E-state index in [2.05, 4.69) is 10.4 Å². The minimum atomic E-state index is -0.857. The summed E-state index contributed by atoms with van der Waals surface area (Å²) in [4.78, 5) is 23.0. The average Bonchev–Trinajstić information content (AvgIpc) is 2.91. The van der Waals surface area contributed by atoms with Crippen LogP contribution in [0.15, 0.2) is 42.6 Å². The van der Waals surface area contributed by atoms with E-state index in [4.69, 9.17) is 5.11 Å². The van der Waals surface area contributed by atoms with Crippen molar-refractivity contribution in [2.45, 2.75) is 31.7 Å². The third kappa shape index (κ3) is 5.58. The molecule has 0 aliphatic rings. The SMILES string of the molecule is Cn1nccc1CC(=O)NC(CCC(=O)O)Cc1ccccc1. The fourth-order valence-corrected chi connectivity index (χ4v) is 2.44. The summed E-state index contributed by atoms with van der Waals surface area (Å²) in [6.45, 7) is 0. The van der Waals surface area contributed by atoms with Crippen LogP contribution in [0.3, 0.4) is 0 Å². The third-order valence-corrected chi connectivity index (χ3v) is 3.66. The molecule has 0 fully saturated rings. The first kappa shape index (κ1) is 16.7. The summed E-state index contributed by atoms with van der Waals surface area (Å²) in [6, 6.07) is 11.3. The molecule has 1 atom stereocenters. The van der Waals surface area contributed by atoms with E-state index in [0.29, 0.717) is 12.8 Å². The molecule has 0 aliphatic carbocycles. The van der Waals surface area contributed by atoms with Crippen molar-refractivity contribution in [2.24, 2.45) is 7.05 Å². The number of hydrogen-bond acceptors (Lipinski definition) is 3. The molecule has 1 aromatic carbocycles. The second-order valence-corrected chi connectivity index (χ2v) is 5.51. The number of aryl methyl sites for hydroxylation is 1. The zero-order chi connectivity index (χ0) is 16.7. The molecule has 2 aromatic rings. The van der Waals surface area contributed by atoms with Crippen molar-refractivity contribution in [2.75, 3.05) is 0 Å². The lowest BCUT2D eigenvalue weighted by Crippen LogP contribution is -2.38. The second-order valence-electron chi connectivity index (χ2n) is 5.51. The van der Waals surface area contributed by atoms with Gasteiger partial charge in [0.25, 0.3) is 0 Å². The Morgan fingerprint density at radius 2 is 2.00 bits per heavy atom. The largest absolute Gasteiger partial charge is 0.481 e. The highest BCUT2D eigenvalue weighted by atomic mass is 16.4. The van der Waals surface area contributed by atoms with Gasteiger partial charge in [-0.1, -0.05) is 30.3 Å². The Morgan fingerprint density at radius 1 is 1.26 bits per heavy atom. The molecule has 0 radical (unpaired) electrons. The van der Waals surface area contributed by atoms with Crippen molar-refractivity contribution < 1.29 is 14.7 Å². The second kappa shape index (κ2) is 8.12. The van der Waals surface area contributed by atoms with Crippen LogP contribution in [0.1, 0.15) is 24.1 Å². The van der Waals surface area contributed by atoms with Gasteiger partial charge in [-0.15, -0.1) is 0 Å². The first-order valence-corrected chi connectivity index (χ1v) is 7.56. The number of carbonyl (C=O) groups excluding carboxylic acids is 1. The molecule has 0 saturated carbocycles. The van der Waals surface area contributed by atoms with Gasteiger partial charge in [0.05, 0.1) is 6.42 Å². The van der Waals surface area contributed by atoms with Crippen molar-refractivity contribution in [3.05, 3.63) is 53.9 Å². The number of hydrogen-bond donors (Lipinski definition) is 2. The molecule has 0 saturated heterocycles. The van der Waals surface area contributed by atoms with Gasteiger partial charge >= 0.3 is 5.97 Å². The summed E-state index contributed by atoms with van der Waals surface area (Å²) in [6.07, 6.45) is 2.93. The number of carboxylic acids is 1. The lowest BCUT2D eigenvalue weighted by Gasteiger charge is -2.18. The highest BCUT2D eigenvalue weighted by molar-refractivity contribution is 5.78. The first-order valence-electron chi connectivity index (χ1n) is 7.56. The van der Waals surface area contributed by atoms with Crippen molar-refractivity contribution in [1.82, 2.24) is 15.1 Å². The van der Waals surface area contributed by atoms with Gasteiger partial charge in [0.2, 0.25) is 5.91 Å². The van der Waals surface area contributed by atoms with Crippen LogP contribution in [-0.2, 0) is 29.5 Å². The maximum absolute atomic E-state index is 12.2. The lowest BCUT2D eigenvalue weighted by atomic mass is 10.0. The van der Waals surface area contributed by atoms with Crippen LogP contribution in [0.5, 0.6) is 0 Å². The lowest BCUT2D eigenvalue weighted by molar-refractivity contribution is -0.137. The molecule has 1 aromatic heterocycles.